The van der Waals surface area contributed by atoms with Crippen molar-refractivity contribution in [3.05, 3.63) is 57.3 Å². The van der Waals surface area contributed by atoms with Crippen molar-refractivity contribution in [1.82, 2.24) is 5.32 Å². The first kappa shape index (κ1) is 13.3. The summed E-state index contributed by atoms with van der Waals surface area (Å²) in [5.74, 6) is -0.00246. The Balaban J connectivity index is 1.97. The number of thiophene rings is 1. The number of nitrogens with one attached hydrogen (secondary N) is 1. The first-order valence-electron chi connectivity index (χ1n) is 5.67. The van der Waals surface area contributed by atoms with Crippen LogP contribution in [-0.2, 0) is 11.9 Å². The predicted octanol–water partition coefficient (Wildman–Crippen LogP) is 3.88. The average molecular weight is 324 g/mol. The van der Waals surface area contributed by atoms with Crippen molar-refractivity contribution in [2.45, 2.75) is 18.8 Å². The summed E-state index contributed by atoms with van der Waals surface area (Å²) < 4.78 is 0. The van der Waals surface area contributed by atoms with E-state index >= 15 is 0 Å². The highest BCUT2D eigenvalue weighted by Crippen LogP contribution is 2.15. The summed E-state index contributed by atoms with van der Waals surface area (Å²) in [5.41, 5.74) is 2.34. The lowest BCUT2D eigenvalue weighted by molar-refractivity contribution is 0.0955. The van der Waals surface area contributed by atoms with E-state index in [-0.39, 0.29) is 5.91 Å². The summed E-state index contributed by atoms with van der Waals surface area (Å²) in [5, 5.41) is 3.77. The van der Waals surface area contributed by atoms with Gasteiger partial charge in [0.05, 0.1) is 4.88 Å². The Hall–Kier alpha value is -1.13. The largest absolute Gasteiger partial charge is 0.347 e. The topological polar surface area (TPSA) is 29.1 Å². The zero-order valence-corrected chi connectivity index (χ0v) is 12.5. The number of carbonyl (C=O) groups excluding carboxylic acids is 1. The Labute approximate surface area is 119 Å². The van der Waals surface area contributed by atoms with Crippen LogP contribution in [0.25, 0.3) is 0 Å². The number of rotatable bonds is 4. The molecule has 1 aromatic carbocycles. The molecule has 0 aliphatic carbocycles. The van der Waals surface area contributed by atoms with Crippen LogP contribution < -0.4 is 5.32 Å². The van der Waals surface area contributed by atoms with Crippen molar-refractivity contribution in [3.8, 4) is 0 Å². The minimum Gasteiger partial charge on any atom is -0.347 e. The SMILES string of the molecule is Cc1ccc(C(=O)NCc2cccc(CBr)c2)s1. The van der Waals surface area contributed by atoms with E-state index in [2.05, 4.69) is 33.4 Å². The molecule has 0 radical (unpaired) electrons. The van der Waals surface area contributed by atoms with Crippen LogP contribution in [-0.4, -0.2) is 5.91 Å². The maximum atomic E-state index is 11.9. The second kappa shape index (κ2) is 6.16. The van der Waals surface area contributed by atoms with Crippen LogP contribution in [0.5, 0.6) is 0 Å². The fourth-order valence-electron chi connectivity index (χ4n) is 1.65. The fraction of sp³-hybridized carbons (Fsp3) is 0.214. The van der Waals surface area contributed by atoms with Gasteiger partial charge in [-0.15, -0.1) is 11.3 Å². The average Bonchev–Trinajstić information content (AvgIpc) is 2.83. The molecule has 2 rings (SSSR count). The number of carbonyl (C=O) groups is 1. The van der Waals surface area contributed by atoms with Gasteiger partial charge in [-0.1, -0.05) is 40.2 Å². The lowest BCUT2D eigenvalue weighted by Crippen LogP contribution is -2.21. The second-order valence-electron chi connectivity index (χ2n) is 4.05. The van der Waals surface area contributed by atoms with E-state index in [1.54, 1.807) is 0 Å². The Morgan fingerprint density at radius 3 is 2.72 bits per heavy atom. The molecule has 1 aromatic heterocycles. The van der Waals surface area contributed by atoms with Crippen LogP contribution in [0.4, 0.5) is 0 Å². The Kier molecular flexibility index (Phi) is 4.55. The molecule has 1 N–H and O–H groups in total. The van der Waals surface area contributed by atoms with Gasteiger partial charge in [0.25, 0.3) is 5.91 Å². The van der Waals surface area contributed by atoms with Crippen molar-refractivity contribution in [2.24, 2.45) is 0 Å². The molecule has 0 spiro atoms. The van der Waals surface area contributed by atoms with Crippen LogP contribution in [0.2, 0.25) is 0 Å². The maximum Gasteiger partial charge on any atom is 0.261 e. The number of amides is 1. The van der Waals surface area contributed by atoms with Gasteiger partial charge in [-0.25, -0.2) is 0 Å². The first-order chi connectivity index (χ1) is 8.69. The van der Waals surface area contributed by atoms with Crippen molar-refractivity contribution >= 4 is 33.2 Å². The first-order valence-corrected chi connectivity index (χ1v) is 7.61. The molecule has 0 unspecified atom stereocenters. The van der Waals surface area contributed by atoms with Crippen molar-refractivity contribution in [1.29, 1.82) is 0 Å². The van der Waals surface area contributed by atoms with Gasteiger partial charge in [-0.05, 0) is 30.2 Å². The van der Waals surface area contributed by atoms with Gasteiger partial charge < -0.3 is 5.32 Å². The van der Waals surface area contributed by atoms with Crippen LogP contribution in [0.1, 0.15) is 25.7 Å². The number of hydrogen-bond acceptors (Lipinski definition) is 2. The summed E-state index contributed by atoms with van der Waals surface area (Å²) in [7, 11) is 0. The molecule has 94 valence electrons. The Morgan fingerprint density at radius 1 is 1.28 bits per heavy atom. The van der Waals surface area contributed by atoms with E-state index in [0.29, 0.717) is 6.54 Å². The third-order valence-corrected chi connectivity index (χ3v) is 4.21. The smallest absolute Gasteiger partial charge is 0.261 e. The summed E-state index contributed by atoms with van der Waals surface area (Å²) in [6.07, 6.45) is 0. The van der Waals surface area contributed by atoms with Crippen molar-refractivity contribution in [3.63, 3.8) is 0 Å². The molecule has 0 saturated heterocycles. The van der Waals surface area contributed by atoms with Crippen LogP contribution in [0.15, 0.2) is 36.4 Å². The molecule has 0 aliphatic heterocycles. The number of halogens is 1. The van der Waals surface area contributed by atoms with Gasteiger partial charge in [-0.3, -0.25) is 4.79 Å². The highest BCUT2D eigenvalue weighted by molar-refractivity contribution is 9.08. The molecule has 2 aromatic rings. The lowest BCUT2D eigenvalue weighted by atomic mass is 10.1. The minimum absolute atomic E-state index is 0.00246. The predicted molar refractivity (Wildman–Crippen MR) is 79.3 cm³/mol. The molecular weight excluding hydrogens is 310 g/mol. The van der Waals surface area contributed by atoms with Gasteiger partial charge in [-0.2, -0.15) is 0 Å². The summed E-state index contributed by atoms with van der Waals surface area (Å²) in [4.78, 5) is 13.8. The molecule has 18 heavy (non-hydrogen) atoms. The van der Waals surface area contributed by atoms with Crippen LogP contribution in [0.3, 0.4) is 0 Å². The van der Waals surface area contributed by atoms with Crippen molar-refractivity contribution in [2.75, 3.05) is 0 Å². The monoisotopic (exact) mass is 323 g/mol. The quantitative estimate of drug-likeness (QED) is 0.850. The van der Waals surface area contributed by atoms with E-state index in [0.717, 1.165) is 20.6 Å². The third kappa shape index (κ3) is 3.43. The molecule has 0 bridgehead atoms. The lowest BCUT2D eigenvalue weighted by Gasteiger charge is -2.05. The van der Waals surface area contributed by atoms with Gasteiger partial charge >= 0.3 is 0 Å². The Morgan fingerprint density at radius 2 is 2.06 bits per heavy atom. The minimum atomic E-state index is -0.00246. The van der Waals surface area contributed by atoms with Gasteiger partial charge in [0.2, 0.25) is 0 Å². The summed E-state index contributed by atoms with van der Waals surface area (Å²) >= 11 is 4.94. The molecule has 2 nitrogen and oxygen atoms in total. The molecule has 1 amide bonds. The molecular formula is C14H14BrNOS. The normalized spacial score (nSPS) is 10.3. The van der Waals surface area contributed by atoms with Gasteiger partial charge in [0.1, 0.15) is 0 Å². The standard InChI is InChI=1S/C14H14BrNOS/c1-10-5-6-13(18-10)14(17)16-9-12-4-2-3-11(7-12)8-15/h2-7H,8-9H2,1H3,(H,16,17). The molecule has 0 saturated carbocycles. The third-order valence-electron chi connectivity index (χ3n) is 2.56. The number of alkyl halides is 1. The van der Waals surface area contributed by atoms with E-state index in [4.69, 9.17) is 0 Å². The van der Waals surface area contributed by atoms with Crippen LogP contribution >= 0.6 is 27.3 Å². The highest BCUT2D eigenvalue weighted by Gasteiger charge is 2.07. The molecule has 1 heterocycles. The highest BCUT2D eigenvalue weighted by atomic mass is 79.9. The molecule has 0 fully saturated rings. The van der Waals surface area contributed by atoms with Crippen molar-refractivity contribution < 1.29 is 4.79 Å². The van der Waals surface area contributed by atoms with Gasteiger partial charge in [0.15, 0.2) is 0 Å². The van der Waals surface area contributed by atoms with Gasteiger partial charge in [0, 0.05) is 16.8 Å². The summed E-state index contributed by atoms with van der Waals surface area (Å²) in [6, 6.07) is 12.0. The molecule has 0 aliphatic rings. The number of hydrogen-bond donors (Lipinski definition) is 1. The Bertz CT molecular complexity index is 550. The molecule has 4 heteroatoms. The maximum absolute atomic E-state index is 11.9. The second-order valence-corrected chi connectivity index (χ2v) is 5.90. The molecule has 0 atom stereocenters. The van der Waals surface area contributed by atoms with E-state index in [1.165, 1.54) is 16.9 Å². The van der Waals surface area contributed by atoms with E-state index in [9.17, 15) is 4.79 Å². The van der Waals surface area contributed by atoms with E-state index < -0.39 is 0 Å². The zero-order chi connectivity index (χ0) is 13.0. The summed E-state index contributed by atoms with van der Waals surface area (Å²) in [6.45, 7) is 2.57. The number of benzene rings is 1. The number of aryl methyl sites for hydroxylation is 1. The van der Waals surface area contributed by atoms with E-state index in [1.807, 2.05) is 31.2 Å². The fourth-order valence-corrected chi connectivity index (χ4v) is 2.78. The van der Waals surface area contributed by atoms with Crippen LogP contribution in [0, 0.1) is 6.92 Å². The zero-order valence-electron chi connectivity index (χ0n) is 10.1.